The van der Waals surface area contributed by atoms with Gasteiger partial charge in [-0.15, -0.1) is 11.3 Å². The summed E-state index contributed by atoms with van der Waals surface area (Å²) in [5.41, 5.74) is 6.09. The first-order chi connectivity index (χ1) is 11.1. The normalized spacial score (nSPS) is 10.3. The summed E-state index contributed by atoms with van der Waals surface area (Å²) >= 11 is 7.18. The van der Waals surface area contributed by atoms with Gasteiger partial charge in [0.15, 0.2) is 0 Å². The van der Waals surface area contributed by atoms with Crippen LogP contribution in [0.3, 0.4) is 0 Å². The Bertz CT molecular complexity index is 828. The fraction of sp³-hybridized carbons (Fsp3) is 0. The zero-order valence-corrected chi connectivity index (χ0v) is 13.2. The lowest BCUT2D eigenvalue weighted by atomic mass is 10.2. The lowest BCUT2D eigenvalue weighted by Gasteiger charge is -2.04. The molecule has 2 heterocycles. The van der Waals surface area contributed by atoms with E-state index in [-0.39, 0.29) is 5.69 Å². The number of nitrogens with one attached hydrogen (secondary N) is 3. The van der Waals surface area contributed by atoms with Crippen LogP contribution in [0.2, 0.25) is 5.02 Å². The van der Waals surface area contributed by atoms with Crippen LogP contribution in [0.4, 0.5) is 0 Å². The van der Waals surface area contributed by atoms with Gasteiger partial charge in [-0.05, 0) is 24.3 Å². The average molecular weight is 347 g/mol. The molecule has 6 nitrogen and oxygen atoms in total. The number of rotatable bonds is 3. The molecule has 0 spiro atoms. The van der Waals surface area contributed by atoms with Crippen LogP contribution in [0.5, 0.6) is 0 Å². The van der Waals surface area contributed by atoms with E-state index in [0.717, 1.165) is 5.56 Å². The zero-order valence-electron chi connectivity index (χ0n) is 11.7. The number of hydrogen-bond acceptors (Lipinski definition) is 4. The van der Waals surface area contributed by atoms with Crippen molar-refractivity contribution in [2.24, 2.45) is 0 Å². The van der Waals surface area contributed by atoms with Crippen molar-refractivity contribution in [2.75, 3.05) is 0 Å². The lowest BCUT2D eigenvalue weighted by Crippen LogP contribution is -2.41. The van der Waals surface area contributed by atoms with E-state index in [9.17, 15) is 9.59 Å². The van der Waals surface area contributed by atoms with Crippen LogP contribution in [0.15, 0.2) is 48.0 Å². The maximum Gasteiger partial charge on any atom is 0.289 e. The van der Waals surface area contributed by atoms with E-state index >= 15 is 0 Å². The third-order valence-electron chi connectivity index (χ3n) is 2.96. The number of aromatic amines is 1. The van der Waals surface area contributed by atoms with Crippen molar-refractivity contribution in [3.63, 3.8) is 0 Å². The molecule has 0 radical (unpaired) electrons. The molecule has 8 heteroatoms. The van der Waals surface area contributed by atoms with Crippen LogP contribution in [0.1, 0.15) is 21.0 Å². The van der Waals surface area contributed by atoms with E-state index in [1.165, 1.54) is 11.3 Å². The highest BCUT2D eigenvalue weighted by Crippen LogP contribution is 2.24. The second-order valence-electron chi connectivity index (χ2n) is 4.54. The van der Waals surface area contributed by atoms with Gasteiger partial charge in [-0.2, -0.15) is 0 Å². The van der Waals surface area contributed by atoms with Crippen molar-refractivity contribution in [1.82, 2.24) is 20.8 Å². The molecule has 3 aromatic rings. The number of carbonyl (C=O) groups is 2. The monoisotopic (exact) mass is 346 g/mol. The number of hydrazine groups is 1. The fourth-order valence-corrected chi connectivity index (χ4v) is 2.75. The highest BCUT2D eigenvalue weighted by molar-refractivity contribution is 7.13. The minimum absolute atomic E-state index is 0.228. The van der Waals surface area contributed by atoms with Crippen LogP contribution in [-0.2, 0) is 0 Å². The molecule has 2 aromatic heterocycles. The van der Waals surface area contributed by atoms with Gasteiger partial charge in [-0.25, -0.2) is 4.98 Å². The smallest absolute Gasteiger partial charge is 0.289 e. The van der Waals surface area contributed by atoms with E-state index in [1.807, 2.05) is 12.1 Å². The Morgan fingerprint density at radius 3 is 2.52 bits per heavy atom. The molecule has 0 aliphatic carbocycles. The molecule has 0 bridgehead atoms. The Balaban J connectivity index is 1.64. The second-order valence-corrected chi connectivity index (χ2v) is 5.83. The summed E-state index contributed by atoms with van der Waals surface area (Å²) in [5, 5.41) is 2.96. The maximum absolute atomic E-state index is 12.0. The number of hydrogen-bond donors (Lipinski definition) is 3. The van der Waals surface area contributed by atoms with Crippen molar-refractivity contribution in [3.8, 4) is 10.6 Å². The van der Waals surface area contributed by atoms with Crippen LogP contribution < -0.4 is 10.9 Å². The summed E-state index contributed by atoms with van der Waals surface area (Å²) < 4.78 is 0. The zero-order chi connectivity index (χ0) is 16.2. The Hall–Kier alpha value is -2.64. The lowest BCUT2D eigenvalue weighted by molar-refractivity contribution is 0.0842. The molecule has 0 fully saturated rings. The van der Waals surface area contributed by atoms with Crippen LogP contribution >= 0.6 is 22.9 Å². The average Bonchev–Trinajstić information content (AvgIpc) is 3.24. The van der Waals surface area contributed by atoms with Crippen molar-refractivity contribution in [3.05, 3.63) is 64.4 Å². The van der Waals surface area contributed by atoms with E-state index in [0.29, 0.717) is 15.7 Å². The van der Waals surface area contributed by atoms with Crippen molar-refractivity contribution in [2.45, 2.75) is 0 Å². The highest BCUT2D eigenvalue weighted by atomic mass is 35.5. The number of amides is 2. The summed E-state index contributed by atoms with van der Waals surface area (Å²) in [6.45, 7) is 0. The van der Waals surface area contributed by atoms with Gasteiger partial charge in [-0.1, -0.05) is 23.7 Å². The van der Waals surface area contributed by atoms with Crippen molar-refractivity contribution < 1.29 is 9.59 Å². The second kappa shape index (κ2) is 6.64. The predicted molar refractivity (Wildman–Crippen MR) is 88.3 cm³/mol. The summed E-state index contributed by atoms with van der Waals surface area (Å²) in [6.07, 6.45) is 1.62. The summed E-state index contributed by atoms with van der Waals surface area (Å²) in [6, 6.07) is 10.5. The van der Waals surface area contributed by atoms with Gasteiger partial charge in [0.25, 0.3) is 11.8 Å². The van der Waals surface area contributed by atoms with Crippen LogP contribution in [0.25, 0.3) is 10.6 Å². The number of benzene rings is 1. The van der Waals surface area contributed by atoms with Gasteiger partial charge >= 0.3 is 0 Å². The summed E-state index contributed by atoms with van der Waals surface area (Å²) in [4.78, 5) is 30.7. The minimum atomic E-state index is -0.485. The molecule has 0 unspecified atom stereocenters. The predicted octanol–water partition coefficient (Wildman–Crippen LogP) is 2.87. The van der Waals surface area contributed by atoms with Crippen LogP contribution in [0, 0.1) is 0 Å². The molecular formula is C15H11ClN4O2S. The molecule has 116 valence electrons. The molecule has 0 aliphatic rings. The Morgan fingerprint density at radius 2 is 1.83 bits per heavy atom. The quantitative estimate of drug-likeness (QED) is 0.637. The van der Waals surface area contributed by atoms with Gasteiger partial charge < -0.3 is 4.98 Å². The number of H-pyrrole nitrogens is 1. The number of nitrogens with zero attached hydrogens (tertiary/aromatic N) is 1. The SMILES string of the molecule is O=C(NNC(=O)c1ccc[nH]1)c1csc(-c2ccc(Cl)cc2)n1. The first-order valence-corrected chi connectivity index (χ1v) is 7.85. The Labute approximate surface area is 140 Å². The van der Waals surface area contributed by atoms with Gasteiger partial charge in [-0.3, -0.25) is 20.4 Å². The molecule has 23 heavy (non-hydrogen) atoms. The number of carbonyl (C=O) groups excluding carboxylic acids is 2. The molecule has 0 atom stereocenters. The molecule has 3 N–H and O–H groups in total. The van der Waals surface area contributed by atoms with Gasteiger partial charge in [0, 0.05) is 22.2 Å². The topological polar surface area (TPSA) is 86.9 Å². The Morgan fingerprint density at radius 1 is 1.09 bits per heavy atom. The van der Waals surface area contributed by atoms with Gasteiger partial charge in [0.05, 0.1) is 0 Å². The largest absolute Gasteiger partial charge is 0.357 e. The molecular weight excluding hydrogens is 336 g/mol. The number of halogens is 1. The number of aromatic nitrogens is 2. The third-order valence-corrected chi connectivity index (χ3v) is 4.10. The van der Waals surface area contributed by atoms with Gasteiger partial charge in [0.2, 0.25) is 0 Å². The molecule has 1 aromatic carbocycles. The van der Waals surface area contributed by atoms with Gasteiger partial charge in [0.1, 0.15) is 16.4 Å². The maximum atomic E-state index is 12.0. The fourth-order valence-electron chi connectivity index (χ4n) is 1.82. The van der Waals surface area contributed by atoms with Crippen molar-refractivity contribution in [1.29, 1.82) is 0 Å². The minimum Gasteiger partial charge on any atom is -0.357 e. The highest BCUT2D eigenvalue weighted by Gasteiger charge is 2.13. The molecule has 0 aliphatic heterocycles. The van der Waals surface area contributed by atoms with Crippen molar-refractivity contribution >= 4 is 34.8 Å². The number of thiazole rings is 1. The summed E-state index contributed by atoms with van der Waals surface area (Å²) in [5.74, 6) is -0.919. The summed E-state index contributed by atoms with van der Waals surface area (Å²) in [7, 11) is 0. The molecule has 0 saturated heterocycles. The van der Waals surface area contributed by atoms with E-state index in [1.54, 1.807) is 35.8 Å². The van der Waals surface area contributed by atoms with E-state index in [2.05, 4.69) is 20.8 Å². The molecule has 2 amide bonds. The first kappa shape index (κ1) is 15.3. The van der Waals surface area contributed by atoms with E-state index < -0.39 is 11.8 Å². The standard InChI is InChI=1S/C15H11ClN4O2S/c16-10-5-3-9(4-6-10)15-18-12(8-23-15)14(22)20-19-13(21)11-2-1-7-17-11/h1-8,17H,(H,19,21)(H,20,22). The van der Waals surface area contributed by atoms with Crippen LogP contribution in [-0.4, -0.2) is 21.8 Å². The molecule has 0 saturated carbocycles. The third kappa shape index (κ3) is 3.58. The Kier molecular flexibility index (Phi) is 4.40. The van der Waals surface area contributed by atoms with E-state index in [4.69, 9.17) is 11.6 Å². The molecule has 3 rings (SSSR count). The first-order valence-electron chi connectivity index (χ1n) is 6.59.